The fourth-order valence-corrected chi connectivity index (χ4v) is 2.09. The number of benzene rings is 1. The molecule has 0 fully saturated rings. The highest BCUT2D eigenvalue weighted by Gasteiger charge is 2.30. The van der Waals surface area contributed by atoms with Crippen molar-refractivity contribution in [2.75, 3.05) is 14.2 Å². The van der Waals surface area contributed by atoms with E-state index in [9.17, 15) is 9.59 Å². The van der Waals surface area contributed by atoms with Crippen molar-refractivity contribution in [1.29, 1.82) is 0 Å². The quantitative estimate of drug-likeness (QED) is 0.746. The Bertz CT molecular complexity index is 506. The molecule has 0 aliphatic carbocycles. The zero-order chi connectivity index (χ0) is 13.3. The largest absolute Gasteiger partial charge is 0.495 e. The van der Waals surface area contributed by atoms with Gasteiger partial charge >= 0.3 is 11.9 Å². The van der Waals surface area contributed by atoms with Crippen molar-refractivity contribution in [2.45, 2.75) is 19.4 Å². The maximum atomic E-state index is 11.9. The number of hydrogen-bond acceptors (Lipinski definition) is 5. The SMILES string of the molecule is COC(=O)c1ccc2c(c1OC)C(=O)O[C@H](C)C2. The van der Waals surface area contributed by atoms with Crippen molar-refractivity contribution in [2.24, 2.45) is 0 Å². The highest BCUT2D eigenvalue weighted by atomic mass is 16.5. The third-order valence-electron chi connectivity index (χ3n) is 2.87. The minimum Gasteiger partial charge on any atom is -0.495 e. The van der Waals surface area contributed by atoms with Gasteiger partial charge in [-0.25, -0.2) is 9.59 Å². The summed E-state index contributed by atoms with van der Waals surface area (Å²) in [6, 6.07) is 3.34. The number of carbonyl (C=O) groups is 2. The van der Waals surface area contributed by atoms with Crippen molar-refractivity contribution < 1.29 is 23.8 Å². The van der Waals surface area contributed by atoms with E-state index in [-0.39, 0.29) is 17.4 Å². The zero-order valence-electron chi connectivity index (χ0n) is 10.5. The number of fused-ring (bicyclic) bond motifs is 1. The van der Waals surface area contributed by atoms with Gasteiger partial charge in [0.1, 0.15) is 23.0 Å². The van der Waals surface area contributed by atoms with E-state index >= 15 is 0 Å². The molecule has 0 amide bonds. The topological polar surface area (TPSA) is 61.8 Å². The summed E-state index contributed by atoms with van der Waals surface area (Å²) in [5, 5.41) is 0. The molecular formula is C13H14O5. The van der Waals surface area contributed by atoms with Crippen LogP contribution in [0.3, 0.4) is 0 Å². The first-order valence-electron chi connectivity index (χ1n) is 5.57. The molecule has 1 aromatic carbocycles. The summed E-state index contributed by atoms with van der Waals surface area (Å²) < 4.78 is 15.0. The Morgan fingerprint density at radius 3 is 2.72 bits per heavy atom. The second-order valence-corrected chi connectivity index (χ2v) is 4.09. The van der Waals surface area contributed by atoms with Gasteiger partial charge in [0.05, 0.1) is 14.2 Å². The second kappa shape index (κ2) is 4.68. The monoisotopic (exact) mass is 250 g/mol. The number of esters is 2. The smallest absolute Gasteiger partial charge is 0.342 e. The average molecular weight is 250 g/mol. The molecule has 1 aliphatic heterocycles. The van der Waals surface area contributed by atoms with Crippen LogP contribution in [-0.2, 0) is 15.9 Å². The summed E-state index contributed by atoms with van der Waals surface area (Å²) in [4.78, 5) is 23.5. The Morgan fingerprint density at radius 1 is 1.39 bits per heavy atom. The molecule has 1 aliphatic rings. The third-order valence-corrected chi connectivity index (χ3v) is 2.87. The summed E-state index contributed by atoms with van der Waals surface area (Å²) >= 11 is 0. The first-order chi connectivity index (χ1) is 8.58. The molecule has 0 spiro atoms. The van der Waals surface area contributed by atoms with Crippen LogP contribution < -0.4 is 4.74 Å². The molecule has 0 radical (unpaired) electrons. The number of methoxy groups -OCH3 is 2. The Hall–Kier alpha value is -2.04. The van der Waals surface area contributed by atoms with Crippen molar-refractivity contribution in [3.05, 3.63) is 28.8 Å². The van der Waals surface area contributed by atoms with Gasteiger partial charge in [0.25, 0.3) is 0 Å². The van der Waals surface area contributed by atoms with E-state index in [1.54, 1.807) is 12.1 Å². The standard InChI is InChI=1S/C13H14O5/c1-7-6-8-4-5-9(12(14)17-3)11(16-2)10(8)13(15)18-7/h4-5,7H,6H2,1-3H3/t7-/m1/s1. The molecule has 1 heterocycles. The number of rotatable bonds is 2. The van der Waals surface area contributed by atoms with Gasteiger partial charge in [0.15, 0.2) is 0 Å². The second-order valence-electron chi connectivity index (χ2n) is 4.09. The summed E-state index contributed by atoms with van der Waals surface area (Å²) in [5.41, 5.74) is 1.37. The molecule has 0 saturated heterocycles. The Labute approximate surface area is 105 Å². The maximum Gasteiger partial charge on any atom is 0.342 e. The minimum atomic E-state index is -0.541. The number of hydrogen-bond donors (Lipinski definition) is 0. The van der Waals surface area contributed by atoms with Crippen molar-refractivity contribution in [3.63, 3.8) is 0 Å². The number of ether oxygens (including phenoxy) is 3. The summed E-state index contributed by atoms with van der Waals surface area (Å²) in [7, 11) is 2.69. The molecule has 18 heavy (non-hydrogen) atoms. The Kier molecular flexibility index (Phi) is 3.23. The van der Waals surface area contributed by atoms with Crippen LogP contribution in [0.1, 0.15) is 33.2 Å². The molecule has 0 bridgehead atoms. The predicted molar refractivity (Wildman–Crippen MR) is 62.9 cm³/mol. The molecule has 5 heteroatoms. The van der Waals surface area contributed by atoms with Gasteiger partial charge in [-0.15, -0.1) is 0 Å². The fourth-order valence-electron chi connectivity index (χ4n) is 2.09. The lowest BCUT2D eigenvalue weighted by Gasteiger charge is -2.24. The van der Waals surface area contributed by atoms with Crippen LogP contribution in [-0.4, -0.2) is 32.3 Å². The van der Waals surface area contributed by atoms with E-state index in [4.69, 9.17) is 9.47 Å². The van der Waals surface area contributed by atoms with Gasteiger partial charge in [0, 0.05) is 6.42 Å². The van der Waals surface area contributed by atoms with Crippen molar-refractivity contribution in [3.8, 4) is 5.75 Å². The molecule has 0 saturated carbocycles. The van der Waals surface area contributed by atoms with Gasteiger partial charge in [-0.3, -0.25) is 0 Å². The van der Waals surface area contributed by atoms with Gasteiger partial charge in [0.2, 0.25) is 0 Å². The van der Waals surface area contributed by atoms with E-state index < -0.39 is 11.9 Å². The van der Waals surface area contributed by atoms with Gasteiger partial charge in [-0.05, 0) is 18.6 Å². The molecule has 96 valence electrons. The van der Waals surface area contributed by atoms with E-state index in [1.807, 2.05) is 6.92 Å². The van der Waals surface area contributed by atoms with E-state index in [1.165, 1.54) is 14.2 Å². The molecular weight excluding hydrogens is 236 g/mol. The van der Waals surface area contributed by atoms with Crippen LogP contribution in [0.4, 0.5) is 0 Å². The predicted octanol–water partition coefficient (Wildman–Crippen LogP) is 1.58. The summed E-state index contributed by atoms with van der Waals surface area (Å²) in [5.74, 6) is -0.788. The Morgan fingerprint density at radius 2 is 2.11 bits per heavy atom. The van der Waals surface area contributed by atoms with Crippen LogP contribution in [0.25, 0.3) is 0 Å². The molecule has 1 atom stereocenters. The first kappa shape index (κ1) is 12.4. The lowest BCUT2D eigenvalue weighted by atomic mass is 9.95. The summed E-state index contributed by atoms with van der Waals surface area (Å²) in [6.07, 6.45) is 0.442. The van der Waals surface area contributed by atoms with Crippen LogP contribution >= 0.6 is 0 Å². The normalized spacial score (nSPS) is 17.7. The van der Waals surface area contributed by atoms with E-state index in [2.05, 4.69) is 4.74 Å². The van der Waals surface area contributed by atoms with Crippen LogP contribution in [0.2, 0.25) is 0 Å². The lowest BCUT2D eigenvalue weighted by molar-refractivity contribution is 0.0296. The molecule has 0 N–H and O–H groups in total. The Balaban J connectivity index is 2.60. The zero-order valence-corrected chi connectivity index (χ0v) is 10.5. The third kappa shape index (κ3) is 1.92. The van der Waals surface area contributed by atoms with Crippen LogP contribution in [0.15, 0.2) is 12.1 Å². The molecule has 1 aromatic rings. The molecule has 0 unspecified atom stereocenters. The van der Waals surface area contributed by atoms with E-state index in [0.717, 1.165) is 5.56 Å². The van der Waals surface area contributed by atoms with Gasteiger partial charge in [-0.1, -0.05) is 6.07 Å². The van der Waals surface area contributed by atoms with Crippen molar-refractivity contribution in [1.82, 2.24) is 0 Å². The number of carbonyl (C=O) groups excluding carboxylic acids is 2. The highest BCUT2D eigenvalue weighted by Crippen LogP contribution is 2.32. The van der Waals surface area contributed by atoms with Crippen LogP contribution in [0.5, 0.6) is 5.75 Å². The average Bonchev–Trinajstić information content (AvgIpc) is 2.36. The lowest BCUT2D eigenvalue weighted by Crippen LogP contribution is -2.26. The van der Waals surface area contributed by atoms with E-state index in [0.29, 0.717) is 12.0 Å². The summed E-state index contributed by atoms with van der Waals surface area (Å²) in [6.45, 7) is 1.82. The minimum absolute atomic E-state index is 0.168. The maximum absolute atomic E-state index is 11.9. The molecule has 2 rings (SSSR count). The highest BCUT2D eigenvalue weighted by molar-refractivity contribution is 6.01. The van der Waals surface area contributed by atoms with Crippen molar-refractivity contribution >= 4 is 11.9 Å². The molecule has 0 aromatic heterocycles. The van der Waals surface area contributed by atoms with Crippen LogP contribution in [0, 0.1) is 0 Å². The molecule has 5 nitrogen and oxygen atoms in total. The van der Waals surface area contributed by atoms with Gasteiger partial charge < -0.3 is 14.2 Å². The first-order valence-corrected chi connectivity index (χ1v) is 5.57. The van der Waals surface area contributed by atoms with Gasteiger partial charge in [-0.2, -0.15) is 0 Å². The fraction of sp³-hybridized carbons (Fsp3) is 0.385. The number of cyclic esters (lactones) is 1.